The van der Waals surface area contributed by atoms with Gasteiger partial charge in [-0.25, -0.2) is 0 Å². The second-order valence-electron chi connectivity index (χ2n) is 6.41. The Kier molecular flexibility index (Phi) is 7.49. The summed E-state index contributed by atoms with van der Waals surface area (Å²) in [5.74, 6) is 1.45. The van der Waals surface area contributed by atoms with E-state index < -0.39 is 22.5 Å². The predicted molar refractivity (Wildman–Crippen MR) is 114 cm³/mol. The summed E-state index contributed by atoms with van der Waals surface area (Å²) in [5, 5.41) is 9.74. The number of aromatic nitrogens is 3. The average molecular weight is 494 g/mol. The largest absolute Gasteiger partial charge is 0.416 e. The predicted octanol–water partition coefficient (Wildman–Crippen LogP) is 5.88. The molecule has 0 amide bonds. The van der Waals surface area contributed by atoms with E-state index in [2.05, 4.69) is 10.2 Å². The van der Waals surface area contributed by atoms with Crippen molar-refractivity contribution >= 4 is 45.8 Å². The van der Waals surface area contributed by atoms with Gasteiger partial charge in [-0.15, -0.1) is 10.2 Å². The molecular formula is C19H16Cl2F3N3OS2. The van der Waals surface area contributed by atoms with Crippen LogP contribution in [0.4, 0.5) is 13.2 Å². The molecule has 4 nitrogen and oxygen atoms in total. The standard InChI is InChI=1S/C19H16Cl2F3N3OS2/c1-27-17(11-30(28)10-13-4-7-15(20)8-16(13)21)25-26-18(27)29-9-12-2-5-14(6-3-12)19(22,23)24/h2-8H,9-11H2,1H3/t30-/m1/s1. The summed E-state index contributed by atoms with van der Waals surface area (Å²) < 4.78 is 52.2. The normalized spacial score (nSPS) is 12.9. The second-order valence-corrected chi connectivity index (χ2v) is 9.65. The van der Waals surface area contributed by atoms with Crippen molar-refractivity contribution in [2.75, 3.05) is 0 Å². The third-order valence-electron chi connectivity index (χ3n) is 4.20. The molecule has 0 saturated carbocycles. The average Bonchev–Trinajstić information content (AvgIpc) is 3.01. The quantitative estimate of drug-likeness (QED) is 0.385. The zero-order chi connectivity index (χ0) is 21.9. The molecule has 0 radical (unpaired) electrons. The fourth-order valence-electron chi connectivity index (χ4n) is 2.54. The fourth-order valence-corrected chi connectivity index (χ4v) is 5.22. The molecule has 30 heavy (non-hydrogen) atoms. The smallest absolute Gasteiger partial charge is 0.308 e. The van der Waals surface area contributed by atoms with Crippen molar-refractivity contribution in [3.8, 4) is 0 Å². The third-order valence-corrected chi connectivity index (χ3v) is 7.09. The minimum Gasteiger partial charge on any atom is -0.308 e. The minimum atomic E-state index is -4.35. The van der Waals surface area contributed by atoms with Gasteiger partial charge in [0.05, 0.1) is 17.1 Å². The summed E-state index contributed by atoms with van der Waals surface area (Å²) in [4.78, 5) is 0. The maximum atomic E-state index is 12.6. The second kappa shape index (κ2) is 9.72. The van der Waals surface area contributed by atoms with E-state index in [1.165, 1.54) is 23.9 Å². The maximum Gasteiger partial charge on any atom is 0.416 e. The number of hydrogen-bond donors (Lipinski definition) is 0. The van der Waals surface area contributed by atoms with E-state index in [0.29, 0.717) is 26.8 Å². The lowest BCUT2D eigenvalue weighted by molar-refractivity contribution is -0.137. The Balaban J connectivity index is 1.59. The van der Waals surface area contributed by atoms with E-state index in [1.54, 1.807) is 29.8 Å². The number of thioether (sulfide) groups is 1. The van der Waals surface area contributed by atoms with Crippen LogP contribution in [-0.2, 0) is 41.3 Å². The first-order chi connectivity index (χ1) is 14.1. The third kappa shape index (κ3) is 6.00. The van der Waals surface area contributed by atoms with E-state index in [4.69, 9.17) is 23.2 Å². The topological polar surface area (TPSA) is 47.8 Å². The summed E-state index contributed by atoms with van der Waals surface area (Å²) >= 11 is 13.3. The van der Waals surface area contributed by atoms with Crippen LogP contribution in [0.25, 0.3) is 0 Å². The molecule has 0 N–H and O–H groups in total. The van der Waals surface area contributed by atoms with Crippen LogP contribution in [0.2, 0.25) is 10.0 Å². The molecule has 0 saturated heterocycles. The number of nitrogens with zero attached hydrogens (tertiary/aromatic N) is 3. The minimum absolute atomic E-state index is 0.198. The van der Waals surface area contributed by atoms with Crippen molar-refractivity contribution in [3.63, 3.8) is 0 Å². The lowest BCUT2D eigenvalue weighted by atomic mass is 10.1. The van der Waals surface area contributed by atoms with Crippen molar-refractivity contribution in [2.24, 2.45) is 7.05 Å². The Morgan fingerprint density at radius 1 is 1.07 bits per heavy atom. The van der Waals surface area contributed by atoms with Gasteiger partial charge < -0.3 is 4.57 Å². The van der Waals surface area contributed by atoms with Gasteiger partial charge >= 0.3 is 6.18 Å². The van der Waals surface area contributed by atoms with Crippen LogP contribution in [0.5, 0.6) is 0 Å². The Bertz CT molecular complexity index is 1060. The highest BCUT2D eigenvalue weighted by atomic mass is 35.5. The van der Waals surface area contributed by atoms with E-state index in [1.807, 2.05) is 0 Å². The van der Waals surface area contributed by atoms with E-state index in [-0.39, 0.29) is 11.5 Å². The molecule has 0 spiro atoms. The number of halogens is 5. The van der Waals surface area contributed by atoms with Gasteiger partial charge in [-0.05, 0) is 35.4 Å². The first-order valence-corrected chi connectivity index (χ1v) is 11.8. The Morgan fingerprint density at radius 2 is 1.77 bits per heavy atom. The number of alkyl halides is 3. The Hall–Kier alpha value is -1.55. The van der Waals surface area contributed by atoms with Crippen molar-refractivity contribution in [1.29, 1.82) is 0 Å². The molecule has 0 aliphatic carbocycles. The lowest BCUT2D eigenvalue weighted by Crippen LogP contribution is -2.06. The molecule has 0 fully saturated rings. The fraction of sp³-hybridized carbons (Fsp3) is 0.263. The first-order valence-electron chi connectivity index (χ1n) is 8.59. The van der Waals surface area contributed by atoms with Gasteiger partial charge in [0.25, 0.3) is 0 Å². The molecule has 3 rings (SSSR count). The van der Waals surface area contributed by atoms with Gasteiger partial charge in [0.1, 0.15) is 5.82 Å². The monoisotopic (exact) mass is 493 g/mol. The Labute approximate surface area is 188 Å². The molecule has 1 aromatic heterocycles. The highest BCUT2D eigenvalue weighted by Gasteiger charge is 2.29. The highest BCUT2D eigenvalue weighted by Crippen LogP contribution is 2.30. The van der Waals surface area contributed by atoms with Crippen LogP contribution >= 0.6 is 35.0 Å². The van der Waals surface area contributed by atoms with Gasteiger partial charge in [0, 0.05) is 33.6 Å². The molecule has 1 atom stereocenters. The van der Waals surface area contributed by atoms with E-state index >= 15 is 0 Å². The highest BCUT2D eigenvalue weighted by molar-refractivity contribution is 7.98. The summed E-state index contributed by atoms with van der Waals surface area (Å²) in [6.07, 6.45) is -4.35. The van der Waals surface area contributed by atoms with Gasteiger partial charge in [-0.3, -0.25) is 4.21 Å². The SMILES string of the molecule is Cn1c(C[S@](=O)Cc2ccc(Cl)cc2Cl)nnc1SCc1ccc(C(F)(F)F)cc1. The summed E-state index contributed by atoms with van der Waals surface area (Å²) in [6, 6.07) is 10.0. The summed E-state index contributed by atoms with van der Waals surface area (Å²) in [5.41, 5.74) is 0.789. The first kappa shape index (κ1) is 23.1. The van der Waals surface area contributed by atoms with E-state index in [9.17, 15) is 17.4 Å². The summed E-state index contributed by atoms with van der Waals surface area (Å²) in [7, 11) is 0.507. The molecular weight excluding hydrogens is 478 g/mol. The molecule has 160 valence electrons. The Morgan fingerprint density at radius 3 is 2.40 bits per heavy atom. The van der Waals surface area contributed by atoms with Gasteiger partial charge in [-0.2, -0.15) is 13.2 Å². The van der Waals surface area contributed by atoms with Crippen LogP contribution in [0.15, 0.2) is 47.6 Å². The zero-order valence-electron chi connectivity index (χ0n) is 15.6. The molecule has 0 aliphatic heterocycles. The maximum absolute atomic E-state index is 12.6. The van der Waals surface area contributed by atoms with Crippen molar-refractivity contribution in [3.05, 3.63) is 75.0 Å². The van der Waals surface area contributed by atoms with Crippen molar-refractivity contribution < 1.29 is 17.4 Å². The van der Waals surface area contributed by atoms with Crippen molar-refractivity contribution in [1.82, 2.24) is 14.8 Å². The van der Waals surface area contributed by atoms with Crippen LogP contribution < -0.4 is 0 Å². The molecule has 2 aromatic carbocycles. The summed E-state index contributed by atoms with van der Waals surface area (Å²) in [6.45, 7) is 0. The molecule has 11 heteroatoms. The van der Waals surface area contributed by atoms with E-state index in [0.717, 1.165) is 23.3 Å². The van der Waals surface area contributed by atoms with Gasteiger partial charge in [0.15, 0.2) is 5.16 Å². The van der Waals surface area contributed by atoms with Crippen LogP contribution in [0.1, 0.15) is 22.5 Å². The molecule has 1 heterocycles. The van der Waals surface area contributed by atoms with Gasteiger partial charge in [0.2, 0.25) is 0 Å². The molecule has 0 unspecified atom stereocenters. The number of rotatable bonds is 7. The lowest BCUT2D eigenvalue weighted by Gasteiger charge is -2.08. The number of hydrogen-bond acceptors (Lipinski definition) is 4. The van der Waals surface area contributed by atoms with Gasteiger partial charge in [-0.1, -0.05) is 53.2 Å². The van der Waals surface area contributed by atoms with Crippen LogP contribution in [0, 0.1) is 0 Å². The van der Waals surface area contributed by atoms with Crippen LogP contribution in [0.3, 0.4) is 0 Å². The van der Waals surface area contributed by atoms with Crippen LogP contribution in [-0.4, -0.2) is 19.0 Å². The molecule has 0 bridgehead atoms. The molecule has 0 aliphatic rings. The number of benzene rings is 2. The van der Waals surface area contributed by atoms with Crippen molar-refractivity contribution in [2.45, 2.75) is 28.6 Å². The molecule has 3 aromatic rings. The zero-order valence-corrected chi connectivity index (χ0v) is 18.8.